The fourth-order valence-corrected chi connectivity index (χ4v) is 1.33. The second-order valence-electron chi connectivity index (χ2n) is 4.89. The summed E-state index contributed by atoms with van der Waals surface area (Å²) in [7, 11) is 4.18. The van der Waals surface area contributed by atoms with Gasteiger partial charge in [-0.15, -0.1) is 0 Å². The summed E-state index contributed by atoms with van der Waals surface area (Å²) in [5.41, 5.74) is 1.02. The van der Waals surface area contributed by atoms with E-state index in [-0.39, 0.29) is 6.42 Å². The Labute approximate surface area is 98.1 Å². The lowest BCUT2D eigenvalue weighted by Gasteiger charge is -2.29. The van der Waals surface area contributed by atoms with Gasteiger partial charge in [0.25, 0.3) is 0 Å². The Bertz CT molecular complexity index is 236. The first-order chi connectivity index (χ1) is 7.33. The van der Waals surface area contributed by atoms with Crippen molar-refractivity contribution in [1.82, 2.24) is 0 Å². The number of rotatable bonds is 9. The van der Waals surface area contributed by atoms with E-state index in [1.807, 2.05) is 6.92 Å². The van der Waals surface area contributed by atoms with Crippen molar-refractivity contribution in [3.63, 3.8) is 0 Å². The summed E-state index contributed by atoms with van der Waals surface area (Å²) in [5, 5.41) is 8.54. The van der Waals surface area contributed by atoms with Crippen LogP contribution in [0.1, 0.15) is 19.8 Å². The Hall–Kier alpha value is -0.870. The zero-order chi connectivity index (χ0) is 12.6. The van der Waals surface area contributed by atoms with Crippen LogP contribution < -0.4 is 0 Å². The van der Waals surface area contributed by atoms with Gasteiger partial charge in [0.1, 0.15) is 6.54 Å². The molecule has 0 aromatic heterocycles. The van der Waals surface area contributed by atoms with Gasteiger partial charge in [0, 0.05) is 6.42 Å². The second kappa shape index (κ2) is 7.41. The first-order valence-corrected chi connectivity index (χ1v) is 5.59. The number of carbonyl (C=O) groups is 1. The minimum absolute atomic E-state index is 0.244. The van der Waals surface area contributed by atoms with E-state index in [9.17, 15) is 4.79 Å². The van der Waals surface area contributed by atoms with E-state index in [4.69, 9.17) is 9.84 Å². The highest BCUT2D eigenvalue weighted by Crippen LogP contribution is 2.02. The summed E-state index contributed by atoms with van der Waals surface area (Å²) in [4.78, 5) is 10.4. The van der Waals surface area contributed by atoms with Crippen molar-refractivity contribution in [1.29, 1.82) is 0 Å². The predicted molar refractivity (Wildman–Crippen MR) is 64.3 cm³/mol. The van der Waals surface area contributed by atoms with Crippen LogP contribution >= 0.6 is 0 Å². The van der Waals surface area contributed by atoms with Crippen molar-refractivity contribution in [2.24, 2.45) is 0 Å². The number of likely N-dealkylation sites (N-methyl/N-ethyl adjacent to an activating group) is 1. The topological polar surface area (TPSA) is 46.5 Å². The molecule has 0 saturated carbocycles. The number of aliphatic carboxylic acids is 1. The molecule has 0 aromatic rings. The van der Waals surface area contributed by atoms with Crippen molar-refractivity contribution < 1.29 is 19.1 Å². The molecule has 0 heterocycles. The van der Waals surface area contributed by atoms with Gasteiger partial charge in [0.15, 0.2) is 0 Å². The zero-order valence-electron chi connectivity index (χ0n) is 10.7. The molecule has 0 fully saturated rings. The van der Waals surface area contributed by atoms with Crippen molar-refractivity contribution in [2.45, 2.75) is 19.8 Å². The van der Waals surface area contributed by atoms with E-state index >= 15 is 0 Å². The molecule has 1 N–H and O–H groups in total. The van der Waals surface area contributed by atoms with Crippen LogP contribution in [0.2, 0.25) is 0 Å². The molecule has 0 aliphatic rings. The summed E-state index contributed by atoms with van der Waals surface area (Å²) in [6, 6.07) is 0. The molecule has 0 aromatic carbocycles. The van der Waals surface area contributed by atoms with Crippen molar-refractivity contribution in [3.05, 3.63) is 12.2 Å². The Morgan fingerprint density at radius 1 is 1.38 bits per heavy atom. The Morgan fingerprint density at radius 3 is 2.50 bits per heavy atom. The second-order valence-corrected chi connectivity index (χ2v) is 4.89. The highest BCUT2D eigenvalue weighted by molar-refractivity contribution is 5.66. The molecule has 0 bridgehead atoms. The number of ether oxygens (including phenoxy) is 1. The smallest absolute Gasteiger partial charge is 0.303 e. The van der Waals surface area contributed by atoms with E-state index in [2.05, 4.69) is 20.7 Å². The largest absolute Gasteiger partial charge is 0.481 e. The minimum Gasteiger partial charge on any atom is -0.481 e. The number of nitrogens with zero attached hydrogens (tertiary/aromatic N) is 1. The van der Waals surface area contributed by atoms with Gasteiger partial charge in [-0.1, -0.05) is 12.2 Å². The van der Waals surface area contributed by atoms with Crippen LogP contribution in [0.3, 0.4) is 0 Å². The van der Waals surface area contributed by atoms with E-state index in [1.165, 1.54) is 0 Å². The molecule has 0 unspecified atom stereocenters. The van der Waals surface area contributed by atoms with E-state index in [1.54, 1.807) is 0 Å². The van der Waals surface area contributed by atoms with Crippen molar-refractivity contribution in [2.75, 3.05) is 40.4 Å². The van der Waals surface area contributed by atoms with Gasteiger partial charge in [0.2, 0.25) is 0 Å². The SMILES string of the molecule is C=C(C)COCC[N+](C)(C)CCCC(=O)O. The number of carboxylic acid groups (broad SMARTS) is 1. The highest BCUT2D eigenvalue weighted by atomic mass is 16.5. The number of carboxylic acids is 1. The zero-order valence-corrected chi connectivity index (χ0v) is 10.7. The van der Waals surface area contributed by atoms with Crippen molar-refractivity contribution >= 4 is 5.97 Å². The Morgan fingerprint density at radius 2 is 2.00 bits per heavy atom. The first-order valence-electron chi connectivity index (χ1n) is 5.59. The van der Waals surface area contributed by atoms with Crippen LogP contribution in [-0.4, -0.2) is 56.0 Å². The average Bonchev–Trinajstić information content (AvgIpc) is 2.11. The molecule has 4 nitrogen and oxygen atoms in total. The molecule has 0 atom stereocenters. The Balaban J connectivity index is 3.61. The third kappa shape index (κ3) is 9.68. The monoisotopic (exact) mass is 230 g/mol. The fourth-order valence-electron chi connectivity index (χ4n) is 1.33. The maximum Gasteiger partial charge on any atom is 0.303 e. The summed E-state index contributed by atoms with van der Waals surface area (Å²) >= 11 is 0. The number of hydrogen-bond acceptors (Lipinski definition) is 2. The van der Waals surface area contributed by atoms with Gasteiger partial charge in [-0.05, 0) is 6.92 Å². The van der Waals surface area contributed by atoms with Crippen molar-refractivity contribution in [3.8, 4) is 0 Å². The van der Waals surface area contributed by atoms with Crippen LogP contribution in [0, 0.1) is 0 Å². The van der Waals surface area contributed by atoms with Crippen LogP contribution in [0.25, 0.3) is 0 Å². The van der Waals surface area contributed by atoms with Gasteiger partial charge < -0.3 is 14.3 Å². The van der Waals surface area contributed by atoms with Gasteiger partial charge >= 0.3 is 5.97 Å². The van der Waals surface area contributed by atoms with Crippen LogP contribution in [-0.2, 0) is 9.53 Å². The van der Waals surface area contributed by atoms with Gasteiger partial charge in [0.05, 0.1) is 40.3 Å². The van der Waals surface area contributed by atoms with E-state index < -0.39 is 5.97 Å². The first kappa shape index (κ1) is 15.1. The normalized spacial score (nSPS) is 11.4. The van der Waals surface area contributed by atoms with Crippen LogP contribution in [0.4, 0.5) is 0 Å². The molecule has 4 heteroatoms. The van der Waals surface area contributed by atoms with Gasteiger partial charge in [-0.25, -0.2) is 0 Å². The molecule has 0 radical (unpaired) electrons. The maximum absolute atomic E-state index is 10.4. The third-order valence-corrected chi connectivity index (χ3v) is 2.34. The maximum atomic E-state index is 10.4. The minimum atomic E-state index is -0.724. The summed E-state index contributed by atoms with van der Waals surface area (Å²) in [5.74, 6) is -0.724. The molecular formula is C12H24NO3+. The van der Waals surface area contributed by atoms with Gasteiger partial charge in [-0.2, -0.15) is 0 Å². The van der Waals surface area contributed by atoms with E-state index in [0.29, 0.717) is 19.6 Å². The lowest BCUT2D eigenvalue weighted by molar-refractivity contribution is -0.890. The van der Waals surface area contributed by atoms with Crippen LogP contribution in [0.5, 0.6) is 0 Å². The third-order valence-electron chi connectivity index (χ3n) is 2.34. The fraction of sp³-hybridized carbons (Fsp3) is 0.750. The average molecular weight is 230 g/mol. The molecule has 0 saturated heterocycles. The van der Waals surface area contributed by atoms with Gasteiger partial charge in [-0.3, -0.25) is 4.79 Å². The lowest BCUT2D eigenvalue weighted by atomic mass is 10.3. The Kier molecular flexibility index (Phi) is 7.01. The predicted octanol–water partition coefficient (Wildman–Crippen LogP) is 1.52. The molecular weight excluding hydrogens is 206 g/mol. The highest BCUT2D eigenvalue weighted by Gasteiger charge is 2.14. The molecule has 0 aliphatic heterocycles. The quantitative estimate of drug-likeness (QED) is 0.371. The molecule has 0 spiro atoms. The summed E-state index contributed by atoms with van der Waals surface area (Å²) in [6.45, 7) is 8.75. The molecule has 94 valence electrons. The molecule has 0 amide bonds. The number of quaternary nitrogens is 1. The summed E-state index contributed by atoms with van der Waals surface area (Å²) < 4.78 is 6.22. The molecule has 0 rings (SSSR count). The summed E-state index contributed by atoms with van der Waals surface area (Å²) in [6.07, 6.45) is 0.955. The lowest BCUT2D eigenvalue weighted by Crippen LogP contribution is -2.43. The molecule has 16 heavy (non-hydrogen) atoms. The molecule has 0 aliphatic carbocycles. The standard InChI is InChI=1S/C12H23NO3/c1-11(2)10-16-9-8-13(3,4)7-5-6-12(14)15/h1,5-10H2,2-4H3/p+1. The van der Waals surface area contributed by atoms with Crippen LogP contribution in [0.15, 0.2) is 12.2 Å². The number of hydrogen-bond donors (Lipinski definition) is 1. The van der Waals surface area contributed by atoms with E-state index in [0.717, 1.165) is 23.1 Å².